The van der Waals surface area contributed by atoms with Crippen LogP contribution >= 0.6 is 22.9 Å². The second kappa shape index (κ2) is 6.79. The van der Waals surface area contributed by atoms with Crippen LogP contribution in [0.3, 0.4) is 0 Å². The van der Waals surface area contributed by atoms with Gasteiger partial charge >= 0.3 is 0 Å². The summed E-state index contributed by atoms with van der Waals surface area (Å²) in [6.45, 7) is 2.41. The van der Waals surface area contributed by atoms with Crippen molar-refractivity contribution < 1.29 is 14.7 Å². The fraction of sp³-hybridized carbons (Fsp3) is 0.222. The average molecular weight is 362 g/mol. The van der Waals surface area contributed by atoms with Crippen LogP contribution in [-0.4, -0.2) is 28.2 Å². The van der Waals surface area contributed by atoms with E-state index in [0.29, 0.717) is 17.1 Å². The van der Waals surface area contributed by atoms with Gasteiger partial charge in [0.2, 0.25) is 0 Å². The Morgan fingerprint density at radius 3 is 2.54 bits per heavy atom. The van der Waals surface area contributed by atoms with E-state index in [9.17, 15) is 14.7 Å². The minimum absolute atomic E-state index is 0.137. The quantitative estimate of drug-likeness (QED) is 0.503. The molecule has 24 heavy (non-hydrogen) atoms. The van der Waals surface area contributed by atoms with Crippen LogP contribution in [0.4, 0.5) is 0 Å². The Morgan fingerprint density at radius 2 is 1.96 bits per heavy atom. The SMILES string of the molecule is CCCN1C(=O)C(=O)/C(=C(\O)c2ccc(Cl)cc2)C1c1cccs1. The van der Waals surface area contributed by atoms with E-state index in [4.69, 9.17) is 11.6 Å². The molecule has 1 aliphatic heterocycles. The van der Waals surface area contributed by atoms with Gasteiger partial charge in [0.1, 0.15) is 5.76 Å². The van der Waals surface area contributed by atoms with Crippen molar-refractivity contribution in [2.75, 3.05) is 6.54 Å². The lowest BCUT2D eigenvalue weighted by atomic mass is 10.00. The fourth-order valence-corrected chi connectivity index (χ4v) is 3.83. The van der Waals surface area contributed by atoms with Crippen molar-refractivity contribution in [2.45, 2.75) is 19.4 Å². The first kappa shape index (κ1) is 16.7. The average Bonchev–Trinajstić information content (AvgIpc) is 3.18. The van der Waals surface area contributed by atoms with Crippen LogP contribution in [0.25, 0.3) is 5.76 Å². The van der Waals surface area contributed by atoms with Gasteiger partial charge in [-0.05, 0) is 42.1 Å². The summed E-state index contributed by atoms with van der Waals surface area (Å²) in [5, 5.41) is 13.1. The largest absolute Gasteiger partial charge is 0.507 e. The number of rotatable bonds is 4. The van der Waals surface area contributed by atoms with Crippen molar-refractivity contribution in [2.24, 2.45) is 0 Å². The van der Waals surface area contributed by atoms with E-state index in [0.717, 1.165) is 11.3 Å². The molecule has 1 atom stereocenters. The van der Waals surface area contributed by atoms with Crippen LogP contribution in [-0.2, 0) is 9.59 Å². The van der Waals surface area contributed by atoms with Crippen LogP contribution in [0.2, 0.25) is 5.02 Å². The highest BCUT2D eigenvalue weighted by atomic mass is 35.5. The molecule has 1 unspecified atom stereocenters. The molecule has 124 valence electrons. The predicted octanol–water partition coefficient (Wildman–Crippen LogP) is 4.23. The molecule has 2 aromatic rings. The topological polar surface area (TPSA) is 57.6 Å². The normalized spacial score (nSPS) is 19.9. The monoisotopic (exact) mass is 361 g/mol. The van der Waals surface area contributed by atoms with Gasteiger partial charge in [0.15, 0.2) is 0 Å². The molecular weight excluding hydrogens is 346 g/mol. The lowest BCUT2D eigenvalue weighted by Crippen LogP contribution is -2.30. The Hall–Kier alpha value is -2.11. The minimum atomic E-state index is -0.644. The van der Waals surface area contributed by atoms with Crippen LogP contribution in [0.1, 0.15) is 29.8 Å². The summed E-state index contributed by atoms with van der Waals surface area (Å²) in [4.78, 5) is 27.4. The summed E-state index contributed by atoms with van der Waals surface area (Å²) < 4.78 is 0. The third-order valence-electron chi connectivity index (χ3n) is 3.93. The summed E-state index contributed by atoms with van der Waals surface area (Å²) in [5.41, 5.74) is 0.605. The molecule has 1 saturated heterocycles. The molecular formula is C18H16ClNO3S. The number of thiophene rings is 1. The molecule has 0 aliphatic carbocycles. The van der Waals surface area contributed by atoms with Crippen molar-refractivity contribution in [1.29, 1.82) is 0 Å². The van der Waals surface area contributed by atoms with E-state index in [1.165, 1.54) is 16.2 Å². The van der Waals surface area contributed by atoms with Crippen molar-refractivity contribution in [3.63, 3.8) is 0 Å². The standard InChI is InChI=1S/C18H16ClNO3S/c1-2-9-20-15(13-4-3-10-24-13)14(17(22)18(20)23)16(21)11-5-7-12(19)8-6-11/h3-8,10,15,21H,2,9H2,1H3/b16-14-. The van der Waals surface area contributed by atoms with E-state index in [1.54, 1.807) is 24.3 Å². The van der Waals surface area contributed by atoms with E-state index in [1.807, 2.05) is 24.4 Å². The van der Waals surface area contributed by atoms with Crippen LogP contribution < -0.4 is 0 Å². The molecule has 3 rings (SSSR count). The van der Waals surface area contributed by atoms with Gasteiger partial charge in [0.05, 0.1) is 11.6 Å². The van der Waals surface area contributed by atoms with Crippen LogP contribution in [0.15, 0.2) is 47.4 Å². The number of amides is 1. The summed E-state index contributed by atoms with van der Waals surface area (Å²) in [6, 6.07) is 9.75. The minimum Gasteiger partial charge on any atom is -0.507 e. The van der Waals surface area contributed by atoms with Gasteiger partial charge in [-0.15, -0.1) is 11.3 Å². The van der Waals surface area contributed by atoms with Crippen molar-refractivity contribution in [1.82, 2.24) is 4.90 Å². The zero-order valence-electron chi connectivity index (χ0n) is 13.0. The third kappa shape index (κ3) is 2.85. The lowest BCUT2D eigenvalue weighted by molar-refractivity contribution is -0.139. The van der Waals surface area contributed by atoms with Crippen molar-refractivity contribution >= 4 is 40.4 Å². The smallest absolute Gasteiger partial charge is 0.295 e. The first-order valence-corrected chi connectivity index (χ1v) is 8.88. The summed E-state index contributed by atoms with van der Waals surface area (Å²) in [7, 11) is 0. The Kier molecular flexibility index (Phi) is 4.73. The van der Waals surface area contributed by atoms with Gasteiger partial charge in [-0.25, -0.2) is 0 Å². The first-order valence-electron chi connectivity index (χ1n) is 7.62. The first-order chi connectivity index (χ1) is 11.5. The Morgan fingerprint density at radius 1 is 1.25 bits per heavy atom. The number of nitrogens with zero attached hydrogens (tertiary/aromatic N) is 1. The molecule has 6 heteroatoms. The highest BCUT2D eigenvalue weighted by Crippen LogP contribution is 2.41. The number of aliphatic hydroxyl groups is 1. The molecule has 1 N–H and O–H groups in total. The van der Waals surface area contributed by atoms with Crippen molar-refractivity contribution in [3.05, 3.63) is 62.8 Å². The summed E-state index contributed by atoms with van der Waals surface area (Å²) >= 11 is 7.34. The van der Waals surface area contributed by atoms with Gasteiger partial charge in [-0.1, -0.05) is 24.6 Å². The molecule has 0 spiro atoms. The van der Waals surface area contributed by atoms with Crippen LogP contribution in [0, 0.1) is 0 Å². The lowest BCUT2D eigenvalue weighted by Gasteiger charge is -2.23. The Labute approximate surface area is 149 Å². The maximum atomic E-state index is 12.5. The summed E-state index contributed by atoms with van der Waals surface area (Å²) in [5.74, 6) is -1.37. The fourth-order valence-electron chi connectivity index (χ4n) is 2.86. The number of aliphatic hydroxyl groups excluding tert-OH is 1. The van der Waals surface area contributed by atoms with Gasteiger partial charge in [-0.3, -0.25) is 9.59 Å². The maximum Gasteiger partial charge on any atom is 0.295 e. The molecule has 1 aliphatic rings. The molecule has 0 bridgehead atoms. The van der Waals surface area contributed by atoms with Gasteiger partial charge < -0.3 is 10.0 Å². The third-order valence-corrected chi connectivity index (χ3v) is 5.11. The number of carbonyl (C=O) groups excluding carboxylic acids is 2. The Balaban J connectivity index is 2.15. The number of Topliss-reactive ketones (excluding diaryl/α,β-unsaturated/α-hetero) is 1. The maximum absolute atomic E-state index is 12.5. The molecule has 1 amide bonds. The highest BCUT2D eigenvalue weighted by molar-refractivity contribution is 7.10. The highest BCUT2D eigenvalue weighted by Gasteiger charge is 2.46. The number of likely N-dealkylation sites (tertiary alicyclic amines) is 1. The van der Waals surface area contributed by atoms with Crippen molar-refractivity contribution in [3.8, 4) is 0 Å². The van der Waals surface area contributed by atoms with E-state index in [2.05, 4.69) is 0 Å². The zero-order valence-corrected chi connectivity index (χ0v) is 14.6. The van der Waals surface area contributed by atoms with Gasteiger partial charge in [0.25, 0.3) is 11.7 Å². The van der Waals surface area contributed by atoms with Gasteiger partial charge in [-0.2, -0.15) is 0 Å². The number of halogens is 1. The second-order valence-electron chi connectivity index (χ2n) is 5.51. The molecule has 1 aromatic heterocycles. The number of carbonyl (C=O) groups is 2. The zero-order chi connectivity index (χ0) is 17.3. The second-order valence-corrected chi connectivity index (χ2v) is 6.93. The Bertz CT molecular complexity index is 796. The molecule has 0 radical (unpaired) electrons. The number of hydrogen-bond acceptors (Lipinski definition) is 4. The molecule has 4 nitrogen and oxygen atoms in total. The van der Waals surface area contributed by atoms with E-state index in [-0.39, 0.29) is 11.3 Å². The number of hydrogen-bond donors (Lipinski definition) is 1. The van der Waals surface area contributed by atoms with E-state index < -0.39 is 17.7 Å². The molecule has 1 aromatic carbocycles. The van der Waals surface area contributed by atoms with Gasteiger partial charge in [0, 0.05) is 22.0 Å². The van der Waals surface area contributed by atoms with Crippen LogP contribution in [0.5, 0.6) is 0 Å². The molecule has 2 heterocycles. The predicted molar refractivity (Wildman–Crippen MR) is 95.1 cm³/mol. The van der Waals surface area contributed by atoms with E-state index >= 15 is 0 Å². The number of benzene rings is 1. The molecule has 0 saturated carbocycles. The number of ketones is 1. The summed E-state index contributed by atoms with van der Waals surface area (Å²) in [6.07, 6.45) is 0.732. The molecule has 1 fully saturated rings.